The Morgan fingerprint density at radius 3 is 2.95 bits per heavy atom. The van der Waals surface area contributed by atoms with Gasteiger partial charge in [-0.2, -0.15) is 0 Å². The summed E-state index contributed by atoms with van der Waals surface area (Å²) in [7, 11) is 0. The summed E-state index contributed by atoms with van der Waals surface area (Å²) in [6, 6.07) is 8.47. The average Bonchev–Trinajstić information content (AvgIpc) is 2.91. The van der Waals surface area contributed by atoms with Crippen molar-refractivity contribution in [1.82, 2.24) is 4.98 Å². The number of nitrogens with two attached hydrogens (primary N) is 1. The molecule has 0 spiro atoms. The summed E-state index contributed by atoms with van der Waals surface area (Å²) in [4.78, 5) is 6.94. The third kappa shape index (κ3) is 2.29. The fourth-order valence-corrected chi connectivity index (χ4v) is 4.26. The number of rotatable bonds is 1. The highest BCUT2D eigenvalue weighted by Crippen LogP contribution is 2.39. The summed E-state index contributed by atoms with van der Waals surface area (Å²) in [5.41, 5.74) is 8.58. The van der Waals surface area contributed by atoms with Crippen LogP contribution in [0.4, 0.5) is 5.69 Å². The standard InChI is InChI=1S/C17H20ClN3/c18-12-4-5-13-16(8-12)20-7-6-17(13)21-9-11-2-1-3-15(19)14(11)10-21/h4-8,11,14-15H,1-3,9-10,19H2. The molecular weight excluding hydrogens is 282 g/mol. The molecule has 0 bridgehead atoms. The van der Waals surface area contributed by atoms with E-state index in [1.54, 1.807) is 0 Å². The lowest BCUT2D eigenvalue weighted by Crippen LogP contribution is -2.38. The van der Waals surface area contributed by atoms with Gasteiger partial charge >= 0.3 is 0 Å². The Labute approximate surface area is 130 Å². The van der Waals surface area contributed by atoms with Crippen molar-refractivity contribution in [2.24, 2.45) is 17.6 Å². The molecule has 0 amide bonds. The molecule has 1 aromatic heterocycles. The molecule has 2 aromatic rings. The molecule has 1 saturated heterocycles. The predicted molar refractivity (Wildman–Crippen MR) is 87.8 cm³/mol. The van der Waals surface area contributed by atoms with Gasteiger partial charge in [0.05, 0.1) is 5.52 Å². The molecule has 3 atom stereocenters. The SMILES string of the molecule is NC1CCCC2CN(c3ccnc4cc(Cl)ccc34)CC12. The van der Waals surface area contributed by atoms with E-state index >= 15 is 0 Å². The van der Waals surface area contributed by atoms with Crippen LogP contribution >= 0.6 is 11.6 Å². The van der Waals surface area contributed by atoms with Crippen molar-refractivity contribution in [2.45, 2.75) is 25.3 Å². The Kier molecular flexibility index (Phi) is 3.27. The first kappa shape index (κ1) is 13.4. The van der Waals surface area contributed by atoms with Crippen molar-refractivity contribution >= 4 is 28.2 Å². The third-order valence-electron chi connectivity index (χ3n) is 5.18. The van der Waals surface area contributed by atoms with Gasteiger partial charge in [0.2, 0.25) is 0 Å². The van der Waals surface area contributed by atoms with E-state index in [0.29, 0.717) is 12.0 Å². The van der Waals surface area contributed by atoms with Gasteiger partial charge in [-0.05, 0) is 48.9 Å². The first-order chi connectivity index (χ1) is 10.2. The van der Waals surface area contributed by atoms with Crippen LogP contribution < -0.4 is 10.6 Å². The molecule has 1 aromatic carbocycles. The highest BCUT2D eigenvalue weighted by Gasteiger charge is 2.39. The number of nitrogens with zero attached hydrogens (tertiary/aromatic N) is 2. The average molecular weight is 302 g/mol. The van der Waals surface area contributed by atoms with Crippen molar-refractivity contribution in [2.75, 3.05) is 18.0 Å². The van der Waals surface area contributed by atoms with Crippen molar-refractivity contribution < 1.29 is 0 Å². The summed E-state index contributed by atoms with van der Waals surface area (Å²) in [6.45, 7) is 2.20. The second kappa shape index (κ2) is 5.15. The number of benzene rings is 1. The van der Waals surface area contributed by atoms with Crippen LogP contribution in [-0.2, 0) is 0 Å². The van der Waals surface area contributed by atoms with Crippen molar-refractivity contribution in [1.29, 1.82) is 0 Å². The summed E-state index contributed by atoms with van der Waals surface area (Å²) in [5, 5.41) is 1.93. The van der Waals surface area contributed by atoms with Gasteiger partial charge in [0, 0.05) is 41.4 Å². The highest BCUT2D eigenvalue weighted by atomic mass is 35.5. The molecule has 2 aliphatic rings. The molecule has 3 unspecified atom stereocenters. The molecule has 4 rings (SSSR count). The minimum atomic E-state index is 0.372. The van der Waals surface area contributed by atoms with Crippen LogP contribution in [0.3, 0.4) is 0 Å². The van der Waals surface area contributed by atoms with Gasteiger partial charge in [0.15, 0.2) is 0 Å². The van der Waals surface area contributed by atoms with E-state index < -0.39 is 0 Å². The summed E-state index contributed by atoms with van der Waals surface area (Å²) in [5.74, 6) is 1.40. The van der Waals surface area contributed by atoms with E-state index in [4.69, 9.17) is 17.3 Å². The van der Waals surface area contributed by atoms with Gasteiger partial charge in [0.25, 0.3) is 0 Å². The maximum Gasteiger partial charge on any atom is 0.0737 e. The van der Waals surface area contributed by atoms with Crippen LogP contribution in [-0.4, -0.2) is 24.1 Å². The lowest BCUT2D eigenvalue weighted by Gasteiger charge is -2.29. The number of hydrogen-bond acceptors (Lipinski definition) is 3. The lowest BCUT2D eigenvalue weighted by atomic mass is 9.78. The zero-order valence-corrected chi connectivity index (χ0v) is 12.8. The van der Waals surface area contributed by atoms with Gasteiger partial charge in [-0.25, -0.2) is 0 Å². The number of anilines is 1. The monoisotopic (exact) mass is 301 g/mol. The van der Waals surface area contributed by atoms with Crippen LogP contribution in [0.5, 0.6) is 0 Å². The van der Waals surface area contributed by atoms with Crippen molar-refractivity contribution in [3.05, 3.63) is 35.5 Å². The molecule has 21 heavy (non-hydrogen) atoms. The van der Waals surface area contributed by atoms with Gasteiger partial charge in [-0.15, -0.1) is 0 Å². The van der Waals surface area contributed by atoms with Gasteiger partial charge < -0.3 is 10.6 Å². The van der Waals surface area contributed by atoms with Crippen LogP contribution in [0.25, 0.3) is 10.9 Å². The van der Waals surface area contributed by atoms with Crippen LogP contribution in [0, 0.1) is 11.8 Å². The van der Waals surface area contributed by atoms with Gasteiger partial charge in [0.1, 0.15) is 0 Å². The molecule has 110 valence electrons. The molecule has 2 heterocycles. The first-order valence-electron chi connectivity index (χ1n) is 7.77. The van der Waals surface area contributed by atoms with Crippen LogP contribution in [0.1, 0.15) is 19.3 Å². The zero-order chi connectivity index (χ0) is 14.4. The van der Waals surface area contributed by atoms with E-state index in [2.05, 4.69) is 22.0 Å². The third-order valence-corrected chi connectivity index (χ3v) is 5.41. The van der Waals surface area contributed by atoms with Crippen molar-refractivity contribution in [3.8, 4) is 0 Å². The number of fused-ring (bicyclic) bond motifs is 2. The second-order valence-electron chi connectivity index (χ2n) is 6.42. The first-order valence-corrected chi connectivity index (χ1v) is 8.15. The quantitative estimate of drug-likeness (QED) is 0.877. The van der Waals surface area contributed by atoms with E-state index in [9.17, 15) is 0 Å². The van der Waals surface area contributed by atoms with Gasteiger partial charge in [-0.3, -0.25) is 4.98 Å². The maximum atomic E-state index is 6.34. The van der Waals surface area contributed by atoms with Crippen LogP contribution in [0.15, 0.2) is 30.5 Å². The number of aromatic nitrogens is 1. The molecule has 0 radical (unpaired) electrons. The Morgan fingerprint density at radius 2 is 2.10 bits per heavy atom. The molecule has 1 saturated carbocycles. The van der Waals surface area contributed by atoms with Crippen LogP contribution in [0.2, 0.25) is 5.02 Å². The number of pyridine rings is 1. The topological polar surface area (TPSA) is 42.1 Å². The maximum absolute atomic E-state index is 6.34. The molecule has 2 fully saturated rings. The summed E-state index contributed by atoms with van der Waals surface area (Å²) >= 11 is 6.08. The van der Waals surface area contributed by atoms with Crippen molar-refractivity contribution in [3.63, 3.8) is 0 Å². The molecule has 1 aliphatic heterocycles. The Hall–Kier alpha value is -1.32. The van der Waals surface area contributed by atoms with E-state index in [0.717, 1.165) is 29.5 Å². The fraction of sp³-hybridized carbons (Fsp3) is 0.471. The summed E-state index contributed by atoms with van der Waals surface area (Å²) < 4.78 is 0. The summed E-state index contributed by atoms with van der Waals surface area (Å²) in [6.07, 6.45) is 5.67. The Bertz CT molecular complexity index is 672. The van der Waals surface area contributed by atoms with E-state index in [1.165, 1.54) is 30.3 Å². The smallest absolute Gasteiger partial charge is 0.0737 e. The largest absolute Gasteiger partial charge is 0.370 e. The van der Waals surface area contributed by atoms with E-state index in [-0.39, 0.29) is 0 Å². The van der Waals surface area contributed by atoms with Gasteiger partial charge in [-0.1, -0.05) is 18.0 Å². The number of halogens is 1. The Balaban J connectivity index is 1.71. The minimum Gasteiger partial charge on any atom is -0.370 e. The van der Waals surface area contributed by atoms with E-state index in [1.807, 2.05) is 18.3 Å². The molecule has 1 aliphatic carbocycles. The normalized spacial score (nSPS) is 28.9. The minimum absolute atomic E-state index is 0.372. The molecular formula is C17H20ClN3. The molecule has 4 heteroatoms. The molecule has 2 N–H and O–H groups in total. The number of hydrogen-bond donors (Lipinski definition) is 1. The molecule has 3 nitrogen and oxygen atoms in total. The Morgan fingerprint density at radius 1 is 1.19 bits per heavy atom. The lowest BCUT2D eigenvalue weighted by molar-refractivity contribution is 0.260. The highest BCUT2D eigenvalue weighted by molar-refractivity contribution is 6.31. The zero-order valence-electron chi connectivity index (χ0n) is 12.0. The predicted octanol–water partition coefficient (Wildman–Crippen LogP) is 3.45. The second-order valence-corrected chi connectivity index (χ2v) is 6.85. The fourth-order valence-electron chi connectivity index (χ4n) is 4.10.